The Morgan fingerprint density at radius 3 is 2.38 bits per heavy atom. The standard InChI is InChI=1S/C16H16N2O3/c1-10-9-12(11-7-5-4-6-8-11)13-14(19)17(2)16(20)18(3)15(13)21-10/h4-9,12H,1-3H3. The van der Waals surface area contributed by atoms with Gasteiger partial charge in [0, 0.05) is 20.0 Å². The molecule has 5 nitrogen and oxygen atoms in total. The van der Waals surface area contributed by atoms with Crippen molar-refractivity contribution in [1.82, 2.24) is 9.13 Å². The van der Waals surface area contributed by atoms with Crippen molar-refractivity contribution in [3.8, 4) is 5.88 Å². The SMILES string of the molecule is CC1=CC(c2ccccc2)c2c(n(C)c(=O)n(C)c2=O)O1. The number of ether oxygens (including phenoxy) is 1. The smallest absolute Gasteiger partial charge is 0.333 e. The topological polar surface area (TPSA) is 53.2 Å². The number of nitrogens with zero attached hydrogens (tertiary/aromatic N) is 2. The van der Waals surface area contributed by atoms with Gasteiger partial charge in [-0.15, -0.1) is 0 Å². The van der Waals surface area contributed by atoms with E-state index in [1.54, 1.807) is 7.05 Å². The van der Waals surface area contributed by atoms with Gasteiger partial charge < -0.3 is 4.74 Å². The van der Waals surface area contributed by atoms with Gasteiger partial charge in [-0.25, -0.2) is 4.79 Å². The van der Waals surface area contributed by atoms with Crippen molar-refractivity contribution in [2.24, 2.45) is 14.1 Å². The first-order valence-electron chi connectivity index (χ1n) is 6.72. The van der Waals surface area contributed by atoms with Crippen molar-refractivity contribution in [3.05, 3.63) is 74.1 Å². The van der Waals surface area contributed by atoms with E-state index in [-0.39, 0.29) is 17.2 Å². The molecule has 21 heavy (non-hydrogen) atoms. The first-order chi connectivity index (χ1) is 10.0. The highest BCUT2D eigenvalue weighted by Gasteiger charge is 2.28. The van der Waals surface area contributed by atoms with Crippen molar-refractivity contribution in [3.63, 3.8) is 0 Å². The molecule has 1 atom stereocenters. The summed E-state index contributed by atoms with van der Waals surface area (Å²) in [5.41, 5.74) is 0.791. The first-order valence-corrected chi connectivity index (χ1v) is 6.72. The van der Waals surface area contributed by atoms with Crippen LogP contribution in [0.2, 0.25) is 0 Å². The molecule has 1 aromatic carbocycles. The fourth-order valence-corrected chi connectivity index (χ4v) is 2.67. The Labute approximate surface area is 121 Å². The molecule has 2 heterocycles. The molecule has 5 heteroatoms. The third kappa shape index (κ3) is 2.01. The number of rotatable bonds is 1. The molecule has 0 spiro atoms. The van der Waals surface area contributed by atoms with Gasteiger partial charge in [0.05, 0.1) is 11.3 Å². The van der Waals surface area contributed by atoms with Gasteiger partial charge in [0.15, 0.2) is 0 Å². The summed E-state index contributed by atoms with van der Waals surface area (Å²) in [5, 5.41) is 0. The lowest BCUT2D eigenvalue weighted by molar-refractivity contribution is 0.359. The van der Waals surface area contributed by atoms with Crippen LogP contribution in [-0.2, 0) is 14.1 Å². The van der Waals surface area contributed by atoms with Crippen molar-refractivity contribution in [2.45, 2.75) is 12.8 Å². The fourth-order valence-electron chi connectivity index (χ4n) is 2.67. The van der Waals surface area contributed by atoms with E-state index in [4.69, 9.17) is 4.74 Å². The largest absolute Gasteiger partial charge is 0.445 e. The van der Waals surface area contributed by atoms with Gasteiger partial charge in [-0.2, -0.15) is 0 Å². The van der Waals surface area contributed by atoms with Gasteiger partial charge in [0.1, 0.15) is 0 Å². The Kier molecular flexibility index (Phi) is 3.05. The van der Waals surface area contributed by atoms with E-state index in [1.807, 2.05) is 43.3 Å². The van der Waals surface area contributed by atoms with Crippen LogP contribution in [0.5, 0.6) is 5.88 Å². The summed E-state index contributed by atoms with van der Waals surface area (Å²) in [4.78, 5) is 24.6. The van der Waals surface area contributed by atoms with Gasteiger partial charge >= 0.3 is 5.69 Å². The quantitative estimate of drug-likeness (QED) is 0.797. The van der Waals surface area contributed by atoms with E-state index in [0.29, 0.717) is 17.2 Å². The molecule has 1 aliphatic rings. The highest BCUT2D eigenvalue weighted by atomic mass is 16.5. The van der Waals surface area contributed by atoms with E-state index in [0.717, 1.165) is 10.1 Å². The van der Waals surface area contributed by atoms with Crippen LogP contribution < -0.4 is 16.0 Å². The van der Waals surface area contributed by atoms with Gasteiger partial charge in [0.2, 0.25) is 5.88 Å². The Hall–Kier alpha value is -2.56. The second-order valence-electron chi connectivity index (χ2n) is 5.19. The van der Waals surface area contributed by atoms with Crippen LogP contribution in [0, 0.1) is 0 Å². The predicted octanol–water partition coefficient (Wildman–Crippen LogP) is 1.51. The zero-order chi connectivity index (χ0) is 15.1. The second kappa shape index (κ2) is 4.77. The minimum atomic E-state index is -0.389. The molecule has 2 aromatic rings. The molecular formula is C16H16N2O3. The Morgan fingerprint density at radius 2 is 1.71 bits per heavy atom. The molecule has 0 N–H and O–H groups in total. The zero-order valence-electron chi connectivity index (χ0n) is 12.2. The zero-order valence-corrected chi connectivity index (χ0v) is 12.2. The average molecular weight is 284 g/mol. The Balaban J connectivity index is 2.35. The average Bonchev–Trinajstić information content (AvgIpc) is 2.51. The molecule has 1 aliphatic heterocycles. The summed E-state index contributed by atoms with van der Waals surface area (Å²) >= 11 is 0. The van der Waals surface area contributed by atoms with E-state index in [2.05, 4.69) is 0 Å². The Bertz CT molecular complexity index is 844. The molecule has 108 valence electrons. The minimum Gasteiger partial charge on any atom is -0.445 e. The van der Waals surface area contributed by atoms with Crippen LogP contribution in [0.25, 0.3) is 0 Å². The van der Waals surface area contributed by atoms with Crippen LogP contribution in [0.3, 0.4) is 0 Å². The van der Waals surface area contributed by atoms with Crippen LogP contribution in [0.4, 0.5) is 0 Å². The summed E-state index contributed by atoms with van der Waals surface area (Å²) in [5.74, 6) is 0.803. The number of allylic oxidation sites excluding steroid dienone is 2. The van der Waals surface area contributed by atoms with Crippen LogP contribution in [0.15, 0.2) is 51.8 Å². The molecule has 0 bridgehead atoms. The van der Waals surface area contributed by atoms with Crippen molar-refractivity contribution >= 4 is 0 Å². The molecule has 0 saturated carbocycles. The first kappa shape index (κ1) is 13.4. The lowest BCUT2D eigenvalue weighted by Crippen LogP contribution is -2.41. The van der Waals surface area contributed by atoms with Crippen molar-refractivity contribution < 1.29 is 4.74 Å². The maximum Gasteiger partial charge on any atom is 0.333 e. The maximum absolute atomic E-state index is 12.5. The molecule has 0 fully saturated rings. The summed E-state index contributed by atoms with van der Waals surface area (Å²) in [7, 11) is 3.10. The fraction of sp³-hybridized carbons (Fsp3) is 0.250. The van der Waals surface area contributed by atoms with Gasteiger partial charge in [-0.3, -0.25) is 13.9 Å². The van der Waals surface area contributed by atoms with Crippen LogP contribution in [0.1, 0.15) is 24.0 Å². The summed E-state index contributed by atoms with van der Waals surface area (Å²) in [6, 6.07) is 9.72. The molecule has 1 aromatic heterocycles. The molecule has 0 radical (unpaired) electrons. The molecule has 0 amide bonds. The third-order valence-electron chi connectivity index (χ3n) is 3.77. The Morgan fingerprint density at radius 1 is 1.05 bits per heavy atom. The molecule has 0 saturated heterocycles. The second-order valence-corrected chi connectivity index (χ2v) is 5.19. The lowest BCUT2D eigenvalue weighted by Gasteiger charge is -2.25. The summed E-state index contributed by atoms with van der Waals surface area (Å²) in [6.45, 7) is 1.82. The number of hydrogen-bond acceptors (Lipinski definition) is 3. The predicted molar refractivity (Wildman–Crippen MR) is 79.6 cm³/mol. The lowest BCUT2D eigenvalue weighted by atomic mass is 9.90. The molecule has 0 aliphatic carbocycles. The maximum atomic E-state index is 12.5. The van der Waals surface area contributed by atoms with E-state index in [9.17, 15) is 9.59 Å². The van der Waals surface area contributed by atoms with Gasteiger partial charge in [-0.05, 0) is 18.6 Å². The monoisotopic (exact) mass is 284 g/mol. The third-order valence-corrected chi connectivity index (χ3v) is 3.77. The van der Waals surface area contributed by atoms with E-state index >= 15 is 0 Å². The number of aromatic nitrogens is 2. The normalized spacial score (nSPS) is 16.9. The molecule has 1 unspecified atom stereocenters. The highest BCUT2D eigenvalue weighted by Crippen LogP contribution is 2.34. The van der Waals surface area contributed by atoms with Crippen molar-refractivity contribution in [2.75, 3.05) is 0 Å². The van der Waals surface area contributed by atoms with Gasteiger partial charge in [-0.1, -0.05) is 30.3 Å². The summed E-state index contributed by atoms with van der Waals surface area (Å²) < 4.78 is 8.14. The van der Waals surface area contributed by atoms with Crippen LogP contribution >= 0.6 is 0 Å². The van der Waals surface area contributed by atoms with Crippen LogP contribution in [-0.4, -0.2) is 9.13 Å². The number of benzene rings is 1. The van der Waals surface area contributed by atoms with E-state index < -0.39 is 0 Å². The molecule has 3 rings (SSSR count). The van der Waals surface area contributed by atoms with Gasteiger partial charge in [0.25, 0.3) is 5.56 Å². The van der Waals surface area contributed by atoms with Crippen molar-refractivity contribution in [1.29, 1.82) is 0 Å². The number of hydrogen-bond donors (Lipinski definition) is 0. The highest BCUT2D eigenvalue weighted by molar-refractivity contribution is 5.44. The number of fused-ring (bicyclic) bond motifs is 1. The van der Waals surface area contributed by atoms with E-state index in [1.165, 1.54) is 11.6 Å². The minimum absolute atomic E-state index is 0.208. The summed E-state index contributed by atoms with van der Waals surface area (Å²) in [6.07, 6.45) is 1.91. The molecular weight excluding hydrogens is 268 g/mol.